The van der Waals surface area contributed by atoms with Crippen LogP contribution < -0.4 is 26.6 Å². The summed E-state index contributed by atoms with van der Waals surface area (Å²) < 4.78 is 39.4. The SMILES string of the molecule is Nc1ncc(/C=C/CCCCCNC(=O)C2CCCN2C(=O)CCC2CCN(Cc3ccc(N4CC(N5CCC(=O)NC5=O)C4)nc3)CC2)c2n[nH]c(-c3ccc(C(=O)Nc4cc(C(F)(F)F)ccn4)cc3)c12. The smallest absolute Gasteiger partial charge is 0.383 e. The van der Waals surface area contributed by atoms with E-state index in [1.807, 2.05) is 24.4 Å². The summed E-state index contributed by atoms with van der Waals surface area (Å²) in [5.41, 5.74) is 9.42. The molecule has 8 heterocycles. The maximum Gasteiger partial charge on any atom is 0.416 e. The number of urea groups is 1. The van der Waals surface area contributed by atoms with Crippen LogP contribution in [0.25, 0.3) is 28.2 Å². The number of rotatable bonds is 18. The van der Waals surface area contributed by atoms with Crippen LogP contribution >= 0.6 is 0 Å². The lowest BCUT2D eigenvalue weighted by Gasteiger charge is -2.46. The summed E-state index contributed by atoms with van der Waals surface area (Å²) in [6.07, 6.45) is 12.6. The number of nitrogens with one attached hydrogen (secondary N) is 4. The second-order valence-electron chi connectivity index (χ2n) is 19.3. The van der Waals surface area contributed by atoms with Crippen molar-refractivity contribution in [1.82, 2.24) is 50.5 Å². The van der Waals surface area contributed by atoms with Crippen molar-refractivity contribution in [3.05, 3.63) is 95.5 Å². The van der Waals surface area contributed by atoms with E-state index in [0.29, 0.717) is 80.1 Å². The molecule has 18 nitrogen and oxygen atoms in total. The van der Waals surface area contributed by atoms with Crippen molar-refractivity contribution in [3.8, 4) is 11.3 Å². The zero-order chi connectivity index (χ0) is 51.1. The van der Waals surface area contributed by atoms with Crippen LogP contribution in [0.1, 0.15) is 97.7 Å². The lowest BCUT2D eigenvalue weighted by molar-refractivity contribution is -0.138. The predicted molar refractivity (Wildman–Crippen MR) is 269 cm³/mol. The van der Waals surface area contributed by atoms with Crippen LogP contribution in [0.5, 0.6) is 0 Å². The predicted octanol–water partition coefficient (Wildman–Crippen LogP) is 6.77. The molecule has 4 saturated heterocycles. The van der Waals surface area contributed by atoms with E-state index in [-0.39, 0.29) is 47.0 Å². The number of anilines is 3. The van der Waals surface area contributed by atoms with Gasteiger partial charge in [-0.15, -0.1) is 0 Å². The Bertz CT molecular complexity index is 2830. The zero-order valence-electron chi connectivity index (χ0n) is 40.5. The minimum absolute atomic E-state index is 0.0657. The highest BCUT2D eigenvalue weighted by molar-refractivity contribution is 6.06. The summed E-state index contributed by atoms with van der Waals surface area (Å²) in [4.78, 5) is 84.1. The molecular weight excluding hydrogens is 944 g/mol. The molecule has 4 aliphatic heterocycles. The quantitative estimate of drug-likeness (QED) is 0.0573. The average Bonchev–Trinajstić information content (AvgIpc) is 4.06. The van der Waals surface area contributed by atoms with Crippen LogP contribution in [-0.2, 0) is 27.1 Å². The Hall–Kier alpha value is -7.42. The van der Waals surface area contributed by atoms with E-state index in [1.165, 1.54) is 0 Å². The maximum absolute atomic E-state index is 13.4. The number of carbonyl (C=O) groups excluding carboxylic acids is 5. The van der Waals surface area contributed by atoms with E-state index < -0.39 is 23.7 Å². The lowest BCUT2D eigenvalue weighted by Crippen LogP contribution is -2.65. The minimum Gasteiger partial charge on any atom is -0.383 e. The molecule has 1 aromatic carbocycles. The highest BCUT2D eigenvalue weighted by Crippen LogP contribution is 2.34. The first-order valence-electron chi connectivity index (χ1n) is 25.1. The van der Waals surface area contributed by atoms with Crippen molar-refractivity contribution in [2.24, 2.45) is 5.92 Å². The molecule has 9 rings (SSSR count). The van der Waals surface area contributed by atoms with Gasteiger partial charge in [-0.1, -0.05) is 36.8 Å². The Morgan fingerprint density at radius 3 is 2.47 bits per heavy atom. The van der Waals surface area contributed by atoms with E-state index in [9.17, 15) is 37.1 Å². The Balaban J connectivity index is 0.649. The number of hydrogen-bond acceptors (Lipinski definition) is 12. The Morgan fingerprint density at radius 1 is 0.904 bits per heavy atom. The summed E-state index contributed by atoms with van der Waals surface area (Å²) in [5, 5.41) is 16.0. The third-order valence-electron chi connectivity index (χ3n) is 14.3. The number of amides is 6. The number of benzene rings is 1. The van der Waals surface area contributed by atoms with Crippen LogP contribution in [0.2, 0.25) is 0 Å². The number of H-pyrrole nitrogens is 1. The molecule has 4 aliphatic rings. The number of aromatic amines is 1. The number of likely N-dealkylation sites (tertiary alicyclic amines) is 2. The number of alkyl halides is 3. The Labute approximate surface area is 420 Å². The van der Waals surface area contributed by atoms with Crippen molar-refractivity contribution < 1.29 is 37.1 Å². The van der Waals surface area contributed by atoms with Gasteiger partial charge >= 0.3 is 12.2 Å². The van der Waals surface area contributed by atoms with Crippen molar-refractivity contribution in [1.29, 1.82) is 0 Å². The van der Waals surface area contributed by atoms with E-state index in [4.69, 9.17) is 10.7 Å². The maximum atomic E-state index is 13.4. The van der Waals surface area contributed by atoms with Crippen molar-refractivity contribution in [3.63, 3.8) is 0 Å². The number of unbranched alkanes of at least 4 members (excludes halogenated alkanes) is 3. The lowest BCUT2D eigenvalue weighted by atomic mass is 9.91. The Kier molecular flexibility index (Phi) is 15.6. The third kappa shape index (κ3) is 12.3. The second kappa shape index (κ2) is 22.6. The van der Waals surface area contributed by atoms with Crippen molar-refractivity contribution >= 4 is 64.1 Å². The standard InChI is InChI=1S/C52H60F3N13O5/c53-52(54,55)38-17-22-57-41(27-38)61-49(71)36-13-11-35(12-14-36)46-45-47(64-63-46)37(29-60-48(45)56)7-4-2-1-3-5-21-58-50(72)40-8-6-23-68(40)44(70)16-10-33-18-24-65(25-19-33)30-34-9-15-42(59-28-34)66-31-39(32-66)67-26-20-43(69)62-51(67)73/h4,7,9,11-15,17,22,27-29,33,39-40H,1-3,5-6,8,10,16,18-21,23-26,30-32H2,(H2,56,60)(H,58,72)(H,63,64)(H,57,61,71)(H,62,69,73)/b7-4+. The van der Waals surface area contributed by atoms with Gasteiger partial charge in [-0.05, 0) is 106 Å². The van der Waals surface area contributed by atoms with Crippen LogP contribution in [-0.4, -0.2) is 127 Å². The van der Waals surface area contributed by atoms with Crippen molar-refractivity contribution in [2.45, 2.75) is 95.4 Å². The molecule has 6 N–H and O–H groups in total. The number of nitrogens with two attached hydrogens (primary N) is 1. The van der Waals surface area contributed by atoms with E-state index in [2.05, 4.69) is 52.0 Å². The summed E-state index contributed by atoms with van der Waals surface area (Å²) in [5.74, 6) is 0.569. The van der Waals surface area contributed by atoms with Gasteiger partial charge in [-0.2, -0.15) is 18.3 Å². The molecule has 6 amide bonds. The largest absolute Gasteiger partial charge is 0.416 e. The molecule has 73 heavy (non-hydrogen) atoms. The van der Waals surface area contributed by atoms with Crippen LogP contribution in [0, 0.1) is 5.92 Å². The molecule has 21 heteroatoms. The fraction of sp³-hybridized carbons (Fsp3) is 0.442. The van der Waals surface area contributed by atoms with Gasteiger partial charge < -0.3 is 31.1 Å². The van der Waals surface area contributed by atoms with Gasteiger partial charge in [0.1, 0.15) is 29.0 Å². The van der Waals surface area contributed by atoms with Crippen LogP contribution in [0.4, 0.5) is 35.4 Å². The second-order valence-corrected chi connectivity index (χ2v) is 19.3. The average molecular weight is 1000 g/mol. The molecule has 1 atom stereocenters. The number of nitrogens with zero attached hydrogens (tertiary/aromatic N) is 8. The molecule has 0 aliphatic carbocycles. The van der Waals surface area contributed by atoms with Crippen molar-refractivity contribution in [2.75, 3.05) is 61.8 Å². The van der Waals surface area contributed by atoms with E-state index in [0.717, 1.165) is 106 Å². The number of aromatic nitrogens is 5. The zero-order valence-corrected chi connectivity index (χ0v) is 40.5. The number of halogens is 3. The van der Waals surface area contributed by atoms with Gasteiger partial charge in [0, 0.05) is 87.4 Å². The van der Waals surface area contributed by atoms with E-state index >= 15 is 0 Å². The molecule has 0 radical (unpaired) electrons. The minimum atomic E-state index is -4.57. The topological polar surface area (TPSA) is 228 Å². The number of nitrogen functional groups attached to an aromatic ring is 1. The summed E-state index contributed by atoms with van der Waals surface area (Å²) in [6.45, 7) is 5.75. The fourth-order valence-corrected chi connectivity index (χ4v) is 10.1. The Morgan fingerprint density at radius 2 is 1.71 bits per heavy atom. The summed E-state index contributed by atoms with van der Waals surface area (Å²) >= 11 is 0. The van der Waals surface area contributed by atoms with Gasteiger partial charge in [0.2, 0.25) is 17.7 Å². The first kappa shape index (κ1) is 50.5. The normalized spacial score (nSPS) is 18.1. The van der Waals surface area contributed by atoms with Crippen LogP contribution in [0.3, 0.4) is 0 Å². The first-order chi connectivity index (χ1) is 35.3. The number of pyridine rings is 3. The van der Waals surface area contributed by atoms with Crippen LogP contribution in [0.15, 0.2) is 73.2 Å². The molecule has 4 fully saturated rings. The molecule has 5 aromatic rings. The van der Waals surface area contributed by atoms with Gasteiger partial charge in [0.25, 0.3) is 5.91 Å². The monoisotopic (exact) mass is 1000 g/mol. The molecule has 384 valence electrons. The molecular formula is C52H60F3N13O5. The van der Waals surface area contributed by atoms with Gasteiger partial charge in [-0.3, -0.25) is 34.5 Å². The number of imide groups is 1. The highest BCUT2D eigenvalue weighted by atomic mass is 19.4. The first-order valence-corrected chi connectivity index (χ1v) is 25.1. The molecule has 0 spiro atoms. The number of hydrogen-bond donors (Lipinski definition) is 5. The highest BCUT2D eigenvalue weighted by Gasteiger charge is 2.38. The fourth-order valence-electron chi connectivity index (χ4n) is 10.1. The molecule has 0 saturated carbocycles. The van der Waals surface area contributed by atoms with Gasteiger partial charge in [0.15, 0.2) is 0 Å². The molecule has 0 bridgehead atoms. The summed E-state index contributed by atoms with van der Waals surface area (Å²) in [6, 6.07) is 11.6. The number of piperidine rings is 1. The van der Waals surface area contributed by atoms with Gasteiger partial charge in [0.05, 0.1) is 22.7 Å². The van der Waals surface area contributed by atoms with Gasteiger partial charge in [-0.25, -0.2) is 19.7 Å². The molecule has 1 unspecified atom stereocenters. The number of fused-ring (bicyclic) bond motifs is 1. The third-order valence-corrected chi connectivity index (χ3v) is 14.3. The number of carbonyl (C=O) groups is 5. The van der Waals surface area contributed by atoms with E-state index in [1.54, 1.807) is 40.3 Å². The summed E-state index contributed by atoms with van der Waals surface area (Å²) in [7, 11) is 0. The molecule has 4 aromatic heterocycles. The number of allylic oxidation sites excluding steroid dienone is 1.